The van der Waals surface area contributed by atoms with Crippen LogP contribution in [-0.4, -0.2) is 110 Å². The second-order valence-corrected chi connectivity index (χ2v) is 14.7. The molecule has 282 valence electrons. The number of rotatable bonds is 8. The van der Waals surface area contributed by atoms with E-state index in [4.69, 9.17) is 25.6 Å². The Labute approximate surface area is 308 Å². The van der Waals surface area contributed by atoms with Gasteiger partial charge in [0.1, 0.15) is 34.0 Å². The van der Waals surface area contributed by atoms with Crippen molar-refractivity contribution in [2.75, 3.05) is 72.2 Å². The number of β-amino-alcohol motifs (C(OH)–C–C–N with tert-alkyl or cyclic N) is 1. The lowest BCUT2D eigenvalue weighted by Crippen LogP contribution is -2.52. The standard InChI is InChI=1S/C38H41F2N5O5.C2H6O/c1-3-26-28(39)10-9-23-16-24(46)17-27(30(23)26)33-32(40)34-31(36(41-33)48-2)35(45-14-15-49-20-25(47)19-45)43-37(42-34)50-21-38-11-4-6-29(38)44(13-5-12-38)18-22-7-8-22;1-3-2/h1,9-10,16-17,22,25,29,46-47H,4-8,11-15,18-21H2,2H3;1-2H3. The molecule has 4 aromatic rings. The lowest BCUT2D eigenvalue weighted by atomic mass is 9.75. The van der Waals surface area contributed by atoms with Gasteiger partial charge in [-0.2, -0.15) is 9.97 Å². The van der Waals surface area contributed by atoms with Crippen LogP contribution in [0.3, 0.4) is 0 Å². The van der Waals surface area contributed by atoms with Gasteiger partial charge in [0.05, 0.1) is 38.6 Å². The van der Waals surface area contributed by atoms with Crippen molar-refractivity contribution in [2.45, 2.75) is 57.1 Å². The Bertz CT molecular complexity index is 2020. The first-order chi connectivity index (χ1) is 25.7. The smallest absolute Gasteiger partial charge is 0.319 e. The normalized spacial score (nSPS) is 23.2. The lowest BCUT2D eigenvalue weighted by Gasteiger charge is -2.46. The number of fused-ring (bicyclic) bond motifs is 3. The molecule has 3 unspecified atom stereocenters. The first-order valence-corrected chi connectivity index (χ1v) is 18.4. The molecule has 2 saturated heterocycles. The number of phenolic OH excluding ortho intramolecular Hbond substituents is 1. The van der Waals surface area contributed by atoms with E-state index in [-0.39, 0.29) is 69.3 Å². The third-order valence-corrected chi connectivity index (χ3v) is 11.0. The van der Waals surface area contributed by atoms with E-state index >= 15 is 4.39 Å². The number of hydrogen-bond acceptors (Lipinski definition) is 11. The van der Waals surface area contributed by atoms with Gasteiger partial charge in [0.2, 0.25) is 5.88 Å². The largest absolute Gasteiger partial charge is 0.508 e. The highest BCUT2D eigenvalue weighted by Gasteiger charge is 2.49. The van der Waals surface area contributed by atoms with E-state index in [1.807, 2.05) is 4.90 Å². The SMILES string of the molecule is C#Cc1c(F)ccc2cc(O)cc(-c3nc(OC)c4c(N5CCOCC(O)C5)nc(OCC56CCCC5N(CC5CC5)CCC6)nc4c3F)c12.COC. The van der Waals surface area contributed by atoms with Crippen LogP contribution in [0.5, 0.6) is 17.6 Å². The minimum atomic E-state index is -0.842. The Morgan fingerprint density at radius 2 is 1.83 bits per heavy atom. The zero-order chi connectivity index (χ0) is 37.3. The molecule has 2 aromatic carbocycles. The number of likely N-dealkylation sites (tertiary alicyclic amines) is 1. The van der Waals surface area contributed by atoms with Crippen LogP contribution in [0.4, 0.5) is 14.6 Å². The number of terminal acetylenes is 1. The van der Waals surface area contributed by atoms with Crippen LogP contribution in [0.25, 0.3) is 32.9 Å². The van der Waals surface area contributed by atoms with Gasteiger partial charge in [-0.3, -0.25) is 4.90 Å². The number of phenols is 1. The van der Waals surface area contributed by atoms with Crippen LogP contribution in [0.2, 0.25) is 0 Å². The summed E-state index contributed by atoms with van der Waals surface area (Å²) in [6.07, 6.45) is 13.0. The molecule has 2 aliphatic carbocycles. The van der Waals surface area contributed by atoms with Crippen molar-refractivity contribution in [2.24, 2.45) is 11.3 Å². The monoisotopic (exact) mass is 731 g/mol. The molecule has 8 rings (SSSR count). The van der Waals surface area contributed by atoms with Gasteiger partial charge in [0, 0.05) is 56.3 Å². The number of methoxy groups -OCH3 is 2. The summed E-state index contributed by atoms with van der Waals surface area (Å²) < 4.78 is 54.3. The van der Waals surface area contributed by atoms with E-state index in [1.165, 1.54) is 44.2 Å². The number of hydrogen-bond donors (Lipinski definition) is 2. The van der Waals surface area contributed by atoms with E-state index < -0.39 is 17.7 Å². The van der Waals surface area contributed by atoms with Gasteiger partial charge in [-0.1, -0.05) is 18.4 Å². The van der Waals surface area contributed by atoms with Crippen LogP contribution in [0, 0.1) is 35.3 Å². The minimum absolute atomic E-state index is 0.000671. The van der Waals surface area contributed by atoms with E-state index in [0.717, 1.165) is 51.1 Å². The predicted octanol–water partition coefficient (Wildman–Crippen LogP) is 5.70. The quantitative estimate of drug-likeness (QED) is 0.217. The van der Waals surface area contributed by atoms with Crippen molar-refractivity contribution < 1.29 is 37.9 Å². The third-order valence-electron chi connectivity index (χ3n) is 11.0. The van der Waals surface area contributed by atoms with E-state index in [0.29, 0.717) is 37.0 Å². The number of piperidine rings is 1. The molecular formula is C40H47F2N5O6. The summed E-state index contributed by atoms with van der Waals surface area (Å²) in [5.74, 6) is 1.79. The molecule has 53 heavy (non-hydrogen) atoms. The van der Waals surface area contributed by atoms with E-state index in [2.05, 4.69) is 25.5 Å². The predicted molar refractivity (Wildman–Crippen MR) is 197 cm³/mol. The zero-order valence-corrected chi connectivity index (χ0v) is 30.5. The van der Waals surface area contributed by atoms with Crippen LogP contribution in [0.15, 0.2) is 24.3 Å². The number of nitrogens with zero attached hydrogens (tertiary/aromatic N) is 5. The first kappa shape index (κ1) is 37.0. The molecule has 0 bridgehead atoms. The molecule has 4 heterocycles. The molecule has 4 fully saturated rings. The molecule has 11 nitrogen and oxygen atoms in total. The highest BCUT2D eigenvalue weighted by atomic mass is 19.1. The van der Waals surface area contributed by atoms with Gasteiger partial charge in [-0.25, -0.2) is 13.8 Å². The molecule has 0 amide bonds. The average molecular weight is 732 g/mol. The summed E-state index contributed by atoms with van der Waals surface area (Å²) >= 11 is 0. The fraction of sp³-hybridized carbons (Fsp3) is 0.525. The minimum Gasteiger partial charge on any atom is -0.508 e. The Balaban J connectivity index is 0.00000140. The van der Waals surface area contributed by atoms with Gasteiger partial charge in [-0.15, -0.1) is 6.42 Å². The van der Waals surface area contributed by atoms with Crippen LogP contribution < -0.4 is 14.4 Å². The Hall–Kier alpha value is -4.35. The van der Waals surface area contributed by atoms with E-state index in [1.54, 1.807) is 14.2 Å². The number of aromatic hydroxyl groups is 1. The van der Waals surface area contributed by atoms with Gasteiger partial charge in [-0.05, 0) is 74.6 Å². The molecule has 2 aromatic heterocycles. The average Bonchev–Trinajstić information content (AvgIpc) is 3.91. The summed E-state index contributed by atoms with van der Waals surface area (Å²) in [4.78, 5) is 18.5. The van der Waals surface area contributed by atoms with Gasteiger partial charge >= 0.3 is 6.01 Å². The van der Waals surface area contributed by atoms with Crippen LogP contribution in [-0.2, 0) is 9.47 Å². The van der Waals surface area contributed by atoms with Crippen molar-refractivity contribution >= 4 is 27.5 Å². The maximum atomic E-state index is 17.1. The van der Waals surface area contributed by atoms with Crippen LogP contribution >= 0.6 is 0 Å². The molecule has 4 aliphatic rings. The Morgan fingerprint density at radius 3 is 2.58 bits per heavy atom. The van der Waals surface area contributed by atoms with Crippen molar-refractivity contribution in [1.29, 1.82) is 0 Å². The molecular weight excluding hydrogens is 684 g/mol. The fourth-order valence-corrected chi connectivity index (χ4v) is 8.53. The molecule has 3 atom stereocenters. The van der Waals surface area contributed by atoms with E-state index in [9.17, 15) is 14.6 Å². The number of benzene rings is 2. The molecule has 2 N–H and O–H groups in total. The Morgan fingerprint density at radius 1 is 1.04 bits per heavy atom. The number of anilines is 1. The van der Waals surface area contributed by atoms with Gasteiger partial charge in [0.15, 0.2) is 5.82 Å². The maximum Gasteiger partial charge on any atom is 0.319 e. The molecule has 0 spiro atoms. The first-order valence-electron chi connectivity index (χ1n) is 18.4. The number of aliphatic hydroxyl groups is 1. The summed E-state index contributed by atoms with van der Waals surface area (Å²) in [7, 11) is 4.65. The molecule has 13 heteroatoms. The van der Waals surface area contributed by atoms with Crippen molar-refractivity contribution in [3.8, 4) is 41.2 Å². The fourth-order valence-electron chi connectivity index (χ4n) is 8.53. The van der Waals surface area contributed by atoms with Crippen LogP contribution in [0.1, 0.15) is 50.5 Å². The van der Waals surface area contributed by atoms with Crippen molar-refractivity contribution in [1.82, 2.24) is 19.9 Å². The highest BCUT2D eigenvalue weighted by molar-refractivity contribution is 6.04. The highest BCUT2D eigenvalue weighted by Crippen LogP contribution is 2.49. The van der Waals surface area contributed by atoms with Gasteiger partial charge < -0.3 is 34.1 Å². The number of ether oxygens (including phenoxy) is 4. The summed E-state index contributed by atoms with van der Waals surface area (Å²) in [6.45, 7) is 3.63. The summed E-state index contributed by atoms with van der Waals surface area (Å²) in [6, 6.07) is 5.84. The Kier molecular flexibility index (Phi) is 10.9. The lowest BCUT2D eigenvalue weighted by molar-refractivity contribution is -0.00241. The summed E-state index contributed by atoms with van der Waals surface area (Å²) in [5, 5.41) is 22.1. The number of aliphatic hydroxyl groups excluding tert-OH is 1. The number of pyridine rings is 1. The zero-order valence-electron chi connectivity index (χ0n) is 30.5. The third kappa shape index (κ3) is 7.30. The van der Waals surface area contributed by atoms with Crippen molar-refractivity contribution in [3.63, 3.8) is 0 Å². The molecule has 2 aliphatic heterocycles. The number of halogens is 2. The van der Waals surface area contributed by atoms with Gasteiger partial charge in [0.25, 0.3) is 0 Å². The molecule has 0 radical (unpaired) electrons. The topological polar surface area (TPSA) is 123 Å². The second-order valence-electron chi connectivity index (χ2n) is 14.7. The maximum absolute atomic E-state index is 17.1. The second kappa shape index (κ2) is 15.6. The summed E-state index contributed by atoms with van der Waals surface area (Å²) in [5.41, 5.74) is -0.409. The number of aromatic nitrogens is 3. The molecule has 2 saturated carbocycles. The van der Waals surface area contributed by atoms with Crippen molar-refractivity contribution in [3.05, 3.63) is 41.5 Å².